The Kier molecular flexibility index (Phi) is 5.44. The molecule has 18 heavy (non-hydrogen) atoms. The van der Waals surface area contributed by atoms with Gasteiger partial charge in [0.1, 0.15) is 0 Å². The number of carboxylic acids is 1. The van der Waals surface area contributed by atoms with Gasteiger partial charge in [0.2, 0.25) is 0 Å². The molecule has 0 aliphatic heterocycles. The maximum Gasteiger partial charge on any atom is 0.345 e. The molecule has 0 bridgehead atoms. The Morgan fingerprint density at radius 1 is 1.33 bits per heavy atom. The molecule has 0 aromatic heterocycles. The molecule has 1 aromatic rings. The van der Waals surface area contributed by atoms with E-state index in [4.69, 9.17) is 33.0 Å². The maximum atomic E-state index is 11.8. The molecule has 1 N–H and O–H groups in total. The maximum absolute atomic E-state index is 11.8. The zero-order chi connectivity index (χ0) is 13.7. The van der Waals surface area contributed by atoms with Gasteiger partial charge >= 0.3 is 11.9 Å². The molecule has 6 heteroatoms. The van der Waals surface area contributed by atoms with Gasteiger partial charge in [-0.1, -0.05) is 42.6 Å². The van der Waals surface area contributed by atoms with Crippen LogP contribution in [0.1, 0.15) is 30.1 Å². The second-order valence-corrected chi connectivity index (χ2v) is 4.43. The van der Waals surface area contributed by atoms with E-state index < -0.39 is 18.0 Å². The molecule has 4 nitrogen and oxygen atoms in total. The van der Waals surface area contributed by atoms with E-state index in [1.165, 1.54) is 12.1 Å². The fraction of sp³-hybridized carbons (Fsp3) is 0.333. The van der Waals surface area contributed by atoms with E-state index in [1.807, 2.05) is 0 Å². The highest BCUT2D eigenvalue weighted by molar-refractivity contribution is 6.39. The highest BCUT2D eigenvalue weighted by Gasteiger charge is 2.24. The van der Waals surface area contributed by atoms with Gasteiger partial charge in [-0.2, -0.15) is 0 Å². The van der Waals surface area contributed by atoms with Gasteiger partial charge in [0, 0.05) is 0 Å². The molecule has 1 unspecified atom stereocenters. The van der Waals surface area contributed by atoms with Gasteiger partial charge in [-0.15, -0.1) is 0 Å². The first-order chi connectivity index (χ1) is 8.47. The van der Waals surface area contributed by atoms with Gasteiger partial charge in [-0.3, -0.25) is 0 Å². The van der Waals surface area contributed by atoms with Crippen LogP contribution < -0.4 is 0 Å². The van der Waals surface area contributed by atoms with Crippen LogP contribution in [0.5, 0.6) is 0 Å². The van der Waals surface area contributed by atoms with Gasteiger partial charge < -0.3 is 9.84 Å². The SMILES string of the molecule is CCCC(OC(=O)c1c(Cl)cccc1Cl)C(=O)O. The number of rotatable bonds is 5. The highest BCUT2D eigenvalue weighted by Crippen LogP contribution is 2.25. The zero-order valence-corrected chi connectivity index (χ0v) is 11.2. The lowest BCUT2D eigenvalue weighted by Crippen LogP contribution is -2.27. The predicted molar refractivity (Wildman–Crippen MR) is 68.2 cm³/mol. The quantitative estimate of drug-likeness (QED) is 0.844. The molecule has 0 aliphatic rings. The van der Waals surface area contributed by atoms with Crippen LogP contribution in [0.15, 0.2) is 18.2 Å². The number of halogens is 2. The average molecular weight is 291 g/mol. The Balaban J connectivity index is 2.90. The Morgan fingerprint density at radius 3 is 2.33 bits per heavy atom. The Labute approximate surface area is 114 Å². The van der Waals surface area contributed by atoms with Crippen LogP contribution in [-0.2, 0) is 9.53 Å². The van der Waals surface area contributed by atoms with E-state index in [9.17, 15) is 9.59 Å². The summed E-state index contributed by atoms with van der Waals surface area (Å²) >= 11 is 11.7. The lowest BCUT2D eigenvalue weighted by molar-refractivity contribution is -0.147. The van der Waals surface area contributed by atoms with Crippen molar-refractivity contribution in [1.29, 1.82) is 0 Å². The third-order valence-electron chi connectivity index (χ3n) is 2.24. The number of carbonyl (C=O) groups is 2. The molecule has 0 amide bonds. The van der Waals surface area contributed by atoms with Crippen molar-refractivity contribution in [2.45, 2.75) is 25.9 Å². The summed E-state index contributed by atoms with van der Waals surface area (Å²) in [5.41, 5.74) is -0.0109. The Hall–Kier alpha value is -1.26. The molecule has 0 spiro atoms. The number of ether oxygens (including phenoxy) is 1. The lowest BCUT2D eigenvalue weighted by Gasteiger charge is -2.14. The van der Waals surface area contributed by atoms with Crippen LogP contribution in [0, 0.1) is 0 Å². The topological polar surface area (TPSA) is 63.6 Å². The fourth-order valence-electron chi connectivity index (χ4n) is 1.38. The summed E-state index contributed by atoms with van der Waals surface area (Å²) < 4.78 is 4.89. The standard InChI is InChI=1S/C12H12Cl2O4/c1-2-4-9(11(15)16)18-12(17)10-7(13)5-3-6-8(10)14/h3,5-6,9H,2,4H2,1H3,(H,15,16). The van der Waals surface area contributed by atoms with Gasteiger partial charge in [0.15, 0.2) is 6.10 Å². The number of carbonyl (C=O) groups excluding carboxylic acids is 1. The van der Waals surface area contributed by atoms with Gasteiger partial charge in [0.25, 0.3) is 0 Å². The fourth-order valence-corrected chi connectivity index (χ4v) is 1.93. The molecule has 1 rings (SSSR count). The largest absolute Gasteiger partial charge is 0.479 e. The van der Waals surface area contributed by atoms with Crippen molar-refractivity contribution in [1.82, 2.24) is 0 Å². The summed E-state index contributed by atoms with van der Waals surface area (Å²) in [5, 5.41) is 9.16. The average Bonchev–Trinajstić information content (AvgIpc) is 2.28. The van der Waals surface area contributed by atoms with Crippen LogP contribution in [-0.4, -0.2) is 23.1 Å². The van der Waals surface area contributed by atoms with Crippen molar-refractivity contribution >= 4 is 35.1 Å². The Bertz CT molecular complexity index is 439. The third kappa shape index (κ3) is 3.62. The number of esters is 1. The van der Waals surface area contributed by atoms with E-state index in [0.717, 1.165) is 0 Å². The molecule has 0 saturated carbocycles. The number of hydrogen-bond donors (Lipinski definition) is 1. The predicted octanol–water partition coefficient (Wildman–Crippen LogP) is 3.40. The van der Waals surface area contributed by atoms with Crippen molar-refractivity contribution in [2.24, 2.45) is 0 Å². The molecule has 98 valence electrons. The summed E-state index contributed by atoms with van der Waals surface area (Å²) in [5.74, 6) is -2.01. The number of aliphatic carboxylic acids is 1. The molecule has 0 radical (unpaired) electrons. The van der Waals surface area contributed by atoms with Crippen molar-refractivity contribution < 1.29 is 19.4 Å². The number of hydrogen-bond acceptors (Lipinski definition) is 3. The minimum Gasteiger partial charge on any atom is -0.479 e. The van der Waals surface area contributed by atoms with E-state index in [-0.39, 0.29) is 22.0 Å². The van der Waals surface area contributed by atoms with E-state index >= 15 is 0 Å². The van der Waals surface area contributed by atoms with Crippen molar-refractivity contribution in [3.63, 3.8) is 0 Å². The van der Waals surface area contributed by atoms with E-state index in [0.29, 0.717) is 6.42 Å². The van der Waals surface area contributed by atoms with Crippen molar-refractivity contribution in [2.75, 3.05) is 0 Å². The first-order valence-corrected chi connectivity index (χ1v) is 6.10. The number of benzene rings is 1. The van der Waals surface area contributed by atoms with Gasteiger partial charge in [0.05, 0.1) is 15.6 Å². The van der Waals surface area contributed by atoms with Crippen LogP contribution in [0.25, 0.3) is 0 Å². The molecule has 0 aliphatic carbocycles. The summed E-state index contributed by atoms with van der Waals surface area (Å²) in [4.78, 5) is 22.7. The van der Waals surface area contributed by atoms with E-state index in [1.54, 1.807) is 13.0 Å². The lowest BCUT2D eigenvalue weighted by atomic mass is 10.2. The molecule has 1 aromatic carbocycles. The minimum absolute atomic E-state index is 0.0109. The molecule has 1 atom stereocenters. The summed E-state index contributed by atoms with van der Waals surface area (Å²) in [6.45, 7) is 1.80. The highest BCUT2D eigenvalue weighted by atomic mass is 35.5. The number of carboxylic acid groups (broad SMARTS) is 1. The minimum atomic E-state index is -1.19. The van der Waals surface area contributed by atoms with Crippen LogP contribution in [0.2, 0.25) is 10.0 Å². The molecular weight excluding hydrogens is 279 g/mol. The van der Waals surface area contributed by atoms with Crippen LogP contribution in [0.3, 0.4) is 0 Å². The third-order valence-corrected chi connectivity index (χ3v) is 2.87. The molecule has 0 saturated heterocycles. The zero-order valence-electron chi connectivity index (χ0n) is 9.65. The van der Waals surface area contributed by atoms with E-state index in [2.05, 4.69) is 0 Å². The second-order valence-electron chi connectivity index (χ2n) is 3.62. The molecular formula is C12H12Cl2O4. The second kappa shape index (κ2) is 6.61. The molecule has 0 heterocycles. The van der Waals surface area contributed by atoms with Crippen LogP contribution >= 0.6 is 23.2 Å². The monoisotopic (exact) mass is 290 g/mol. The first kappa shape index (κ1) is 14.8. The van der Waals surface area contributed by atoms with Crippen molar-refractivity contribution in [3.05, 3.63) is 33.8 Å². The first-order valence-electron chi connectivity index (χ1n) is 5.35. The van der Waals surface area contributed by atoms with Gasteiger partial charge in [-0.05, 0) is 18.6 Å². The summed E-state index contributed by atoms with van der Waals surface area (Å²) in [7, 11) is 0. The van der Waals surface area contributed by atoms with Crippen molar-refractivity contribution in [3.8, 4) is 0 Å². The van der Waals surface area contributed by atoms with Crippen LogP contribution in [0.4, 0.5) is 0 Å². The normalized spacial score (nSPS) is 11.9. The molecule has 0 fully saturated rings. The Morgan fingerprint density at radius 2 is 1.89 bits per heavy atom. The summed E-state index contributed by atoms with van der Waals surface area (Å²) in [6.07, 6.45) is -0.362. The van der Waals surface area contributed by atoms with Gasteiger partial charge in [-0.25, -0.2) is 9.59 Å². The smallest absolute Gasteiger partial charge is 0.345 e. The summed E-state index contributed by atoms with van der Waals surface area (Å²) in [6, 6.07) is 4.56.